The van der Waals surface area contributed by atoms with Gasteiger partial charge < -0.3 is 15.1 Å². The maximum atomic E-state index is 12.2. The lowest BCUT2D eigenvalue weighted by atomic mass is 10.1. The van der Waals surface area contributed by atoms with E-state index in [9.17, 15) is 4.79 Å². The number of likely N-dealkylation sites (N-methyl/N-ethyl adjacent to an activating group) is 1. The highest BCUT2D eigenvalue weighted by Gasteiger charge is 2.16. The number of amides is 1. The van der Waals surface area contributed by atoms with Crippen LogP contribution in [0.2, 0.25) is 0 Å². The van der Waals surface area contributed by atoms with Gasteiger partial charge in [0.15, 0.2) is 0 Å². The fourth-order valence-electron chi connectivity index (χ4n) is 3.27. The second kappa shape index (κ2) is 9.63. The molecule has 1 N–H and O–H groups in total. The van der Waals surface area contributed by atoms with Gasteiger partial charge in [0.1, 0.15) is 0 Å². The summed E-state index contributed by atoms with van der Waals surface area (Å²) in [6, 6.07) is 15.7. The minimum Gasteiger partial charge on any atom is -0.369 e. The fourth-order valence-corrected chi connectivity index (χ4v) is 4.06. The lowest BCUT2D eigenvalue weighted by molar-refractivity contribution is -0.113. The molecular formula is C22H26N4OS. The van der Waals surface area contributed by atoms with Crippen molar-refractivity contribution in [2.45, 2.75) is 12.7 Å². The SMILES string of the molecule is Cc1cc(NC(=O)CSCc2ccc(C#N)cc2)ccc1N1CCN(C)CC1. The minimum absolute atomic E-state index is 0.00499. The molecule has 1 heterocycles. The summed E-state index contributed by atoms with van der Waals surface area (Å²) in [5.74, 6) is 1.16. The van der Waals surface area contributed by atoms with Gasteiger partial charge in [0.25, 0.3) is 0 Å². The number of anilines is 2. The number of piperazine rings is 1. The fraction of sp³-hybridized carbons (Fsp3) is 0.364. The Kier molecular flexibility index (Phi) is 6.96. The lowest BCUT2D eigenvalue weighted by Gasteiger charge is -2.35. The normalized spacial score (nSPS) is 14.5. The third kappa shape index (κ3) is 5.51. The number of hydrogen-bond donors (Lipinski definition) is 1. The maximum Gasteiger partial charge on any atom is 0.234 e. The first kappa shape index (κ1) is 20.2. The van der Waals surface area contributed by atoms with Gasteiger partial charge in [-0.05, 0) is 55.4 Å². The van der Waals surface area contributed by atoms with Gasteiger partial charge in [-0.2, -0.15) is 5.26 Å². The summed E-state index contributed by atoms with van der Waals surface area (Å²) in [5, 5.41) is 11.8. The van der Waals surface area contributed by atoms with Crippen LogP contribution in [-0.4, -0.2) is 49.8 Å². The molecule has 0 unspecified atom stereocenters. The van der Waals surface area contributed by atoms with Crippen LogP contribution >= 0.6 is 11.8 Å². The molecule has 2 aromatic carbocycles. The number of nitriles is 1. The second-order valence-electron chi connectivity index (χ2n) is 7.14. The second-order valence-corrected chi connectivity index (χ2v) is 8.13. The third-order valence-corrected chi connectivity index (χ3v) is 5.91. The van der Waals surface area contributed by atoms with Crippen molar-refractivity contribution >= 4 is 29.0 Å². The summed E-state index contributed by atoms with van der Waals surface area (Å²) < 4.78 is 0. The quantitative estimate of drug-likeness (QED) is 0.813. The average molecular weight is 395 g/mol. The van der Waals surface area contributed by atoms with E-state index in [1.165, 1.54) is 11.3 Å². The van der Waals surface area contributed by atoms with E-state index in [2.05, 4.69) is 47.3 Å². The number of thioether (sulfide) groups is 1. The summed E-state index contributed by atoms with van der Waals surface area (Å²) in [5.41, 5.74) is 5.05. The van der Waals surface area contributed by atoms with E-state index in [4.69, 9.17) is 5.26 Å². The molecule has 2 aromatic rings. The van der Waals surface area contributed by atoms with E-state index < -0.39 is 0 Å². The van der Waals surface area contributed by atoms with Crippen LogP contribution < -0.4 is 10.2 Å². The molecule has 1 aliphatic rings. The van der Waals surface area contributed by atoms with Gasteiger partial charge in [-0.25, -0.2) is 0 Å². The van der Waals surface area contributed by atoms with Crippen molar-refractivity contribution in [1.82, 2.24) is 4.90 Å². The number of benzene rings is 2. The molecule has 6 heteroatoms. The number of carbonyl (C=O) groups excluding carboxylic acids is 1. The molecule has 5 nitrogen and oxygen atoms in total. The predicted octanol–water partition coefficient (Wildman–Crippen LogP) is 3.49. The molecule has 1 aliphatic heterocycles. The molecule has 0 atom stereocenters. The molecule has 0 radical (unpaired) electrons. The first-order valence-corrected chi connectivity index (χ1v) is 10.6. The Morgan fingerprint density at radius 2 is 1.86 bits per heavy atom. The van der Waals surface area contributed by atoms with Crippen LogP contribution in [0.3, 0.4) is 0 Å². The Hall–Kier alpha value is -2.49. The highest BCUT2D eigenvalue weighted by atomic mass is 32.2. The van der Waals surface area contributed by atoms with Crippen LogP contribution in [0.15, 0.2) is 42.5 Å². The van der Waals surface area contributed by atoms with Gasteiger partial charge in [0.05, 0.1) is 17.4 Å². The van der Waals surface area contributed by atoms with E-state index >= 15 is 0 Å². The number of nitrogens with one attached hydrogen (secondary N) is 1. The van der Waals surface area contributed by atoms with Crippen molar-refractivity contribution in [3.63, 3.8) is 0 Å². The van der Waals surface area contributed by atoms with E-state index in [0.717, 1.165) is 43.2 Å². The van der Waals surface area contributed by atoms with Crippen molar-refractivity contribution in [1.29, 1.82) is 5.26 Å². The van der Waals surface area contributed by atoms with Crippen LogP contribution in [-0.2, 0) is 10.5 Å². The Balaban J connectivity index is 1.48. The smallest absolute Gasteiger partial charge is 0.234 e. The van der Waals surface area contributed by atoms with E-state index in [1.807, 2.05) is 18.2 Å². The van der Waals surface area contributed by atoms with Crippen molar-refractivity contribution in [2.24, 2.45) is 0 Å². The molecular weight excluding hydrogens is 368 g/mol. The summed E-state index contributed by atoms with van der Waals surface area (Å²) in [4.78, 5) is 17.0. The zero-order chi connectivity index (χ0) is 19.9. The standard InChI is InChI=1S/C22H26N4OS/c1-17-13-20(7-8-21(17)26-11-9-25(2)10-12-26)24-22(27)16-28-15-19-5-3-18(14-23)4-6-19/h3-8,13H,9-12,15-16H2,1-2H3,(H,24,27). The molecule has 0 aliphatic carbocycles. The van der Waals surface area contributed by atoms with Crippen LogP contribution in [0.5, 0.6) is 0 Å². The van der Waals surface area contributed by atoms with Gasteiger partial charge in [0.2, 0.25) is 5.91 Å². The Bertz CT molecular complexity index is 852. The third-order valence-electron chi connectivity index (χ3n) is 4.91. The molecule has 1 saturated heterocycles. The van der Waals surface area contributed by atoms with Crippen LogP contribution in [0.1, 0.15) is 16.7 Å². The van der Waals surface area contributed by atoms with Gasteiger partial charge in [-0.15, -0.1) is 11.8 Å². The van der Waals surface area contributed by atoms with Crippen molar-refractivity contribution in [2.75, 3.05) is 49.2 Å². The zero-order valence-electron chi connectivity index (χ0n) is 16.4. The highest BCUT2D eigenvalue weighted by molar-refractivity contribution is 7.99. The molecule has 1 fully saturated rings. The topological polar surface area (TPSA) is 59.4 Å². The summed E-state index contributed by atoms with van der Waals surface area (Å²) >= 11 is 1.57. The molecule has 3 rings (SSSR count). The average Bonchev–Trinajstić information content (AvgIpc) is 2.69. The van der Waals surface area contributed by atoms with Gasteiger partial charge in [-0.1, -0.05) is 12.1 Å². The van der Waals surface area contributed by atoms with Crippen molar-refractivity contribution < 1.29 is 4.79 Å². The number of aryl methyl sites for hydroxylation is 1. The molecule has 28 heavy (non-hydrogen) atoms. The van der Waals surface area contributed by atoms with E-state index in [-0.39, 0.29) is 5.91 Å². The molecule has 0 saturated carbocycles. The van der Waals surface area contributed by atoms with Crippen LogP contribution in [0.4, 0.5) is 11.4 Å². The van der Waals surface area contributed by atoms with Gasteiger partial charge >= 0.3 is 0 Å². The largest absolute Gasteiger partial charge is 0.369 e. The predicted molar refractivity (Wildman–Crippen MR) is 117 cm³/mol. The molecule has 0 aromatic heterocycles. The van der Waals surface area contributed by atoms with Crippen LogP contribution in [0.25, 0.3) is 0 Å². The Morgan fingerprint density at radius 1 is 1.14 bits per heavy atom. The van der Waals surface area contributed by atoms with Crippen molar-refractivity contribution in [3.8, 4) is 6.07 Å². The number of carbonyl (C=O) groups is 1. The van der Waals surface area contributed by atoms with E-state index in [1.54, 1.807) is 23.9 Å². The minimum atomic E-state index is 0.00499. The highest BCUT2D eigenvalue weighted by Crippen LogP contribution is 2.25. The summed E-state index contributed by atoms with van der Waals surface area (Å²) in [6.07, 6.45) is 0. The van der Waals surface area contributed by atoms with Gasteiger partial charge in [-0.3, -0.25) is 4.79 Å². The van der Waals surface area contributed by atoms with Crippen LogP contribution in [0, 0.1) is 18.3 Å². The summed E-state index contributed by atoms with van der Waals surface area (Å²) in [7, 11) is 2.15. The molecule has 0 spiro atoms. The molecule has 146 valence electrons. The lowest BCUT2D eigenvalue weighted by Crippen LogP contribution is -2.44. The number of hydrogen-bond acceptors (Lipinski definition) is 5. The first-order chi connectivity index (χ1) is 13.5. The van der Waals surface area contributed by atoms with Crippen molar-refractivity contribution in [3.05, 3.63) is 59.2 Å². The monoisotopic (exact) mass is 394 g/mol. The summed E-state index contributed by atoms with van der Waals surface area (Å²) in [6.45, 7) is 6.33. The van der Waals surface area contributed by atoms with Gasteiger partial charge in [0, 0.05) is 43.3 Å². The number of nitrogens with zero attached hydrogens (tertiary/aromatic N) is 3. The Labute approximate surface area is 171 Å². The molecule has 1 amide bonds. The number of rotatable bonds is 6. The first-order valence-electron chi connectivity index (χ1n) is 9.46. The van der Waals surface area contributed by atoms with E-state index in [0.29, 0.717) is 11.3 Å². The molecule has 0 bridgehead atoms. The maximum absolute atomic E-state index is 12.2. The Morgan fingerprint density at radius 3 is 2.50 bits per heavy atom. The zero-order valence-corrected chi connectivity index (χ0v) is 17.3.